The van der Waals surface area contributed by atoms with Gasteiger partial charge in [-0.25, -0.2) is 4.39 Å². The summed E-state index contributed by atoms with van der Waals surface area (Å²) in [6, 6.07) is 6.50. The molecule has 0 amide bonds. The maximum Gasteiger partial charge on any atom is 0.123 e. The third-order valence-electron chi connectivity index (χ3n) is 3.95. The van der Waals surface area contributed by atoms with E-state index in [0.29, 0.717) is 12.3 Å². The molecular weight excluding hydrogens is 215 g/mol. The molecule has 2 atom stereocenters. The van der Waals surface area contributed by atoms with Crippen molar-refractivity contribution in [2.45, 2.75) is 51.0 Å². The second-order valence-corrected chi connectivity index (χ2v) is 5.40. The SMILES string of the molecule is CCC1CCCC(O)(Cc2ccc(F)cc2)C1. The summed E-state index contributed by atoms with van der Waals surface area (Å²) in [5.41, 5.74) is 0.460. The molecule has 94 valence electrons. The van der Waals surface area contributed by atoms with E-state index in [0.717, 1.165) is 31.2 Å². The van der Waals surface area contributed by atoms with Crippen molar-refractivity contribution >= 4 is 0 Å². The van der Waals surface area contributed by atoms with Crippen LogP contribution in [0.1, 0.15) is 44.6 Å². The van der Waals surface area contributed by atoms with E-state index in [1.165, 1.54) is 18.6 Å². The van der Waals surface area contributed by atoms with Gasteiger partial charge < -0.3 is 5.11 Å². The predicted octanol–water partition coefficient (Wildman–Crippen LogP) is 3.70. The number of halogens is 1. The number of rotatable bonds is 3. The van der Waals surface area contributed by atoms with E-state index in [-0.39, 0.29) is 5.82 Å². The maximum atomic E-state index is 12.8. The van der Waals surface area contributed by atoms with Crippen molar-refractivity contribution in [1.82, 2.24) is 0 Å². The lowest BCUT2D eigenvalue weighted by molar-refractivity contribution is -0.0162. The molecule has 0 bridgehead atoms. The summed E-state index contributed by atoms with van der Waals surface area (Å²) in [6.45, 7) is 2.19. The largest absolute Gasteiger partial charge is 0.390 e. The minimum atomic E-state index is -0.573. The van der Waals surface area contributed by atoms with Gasteiger partial charge in [-0.15, -0.1) is 0 Å². The van der Waals surface area contributed by atoms with E-state index < -0.39 is 5.60 Å². The Morgan fingerprint density at radius 2 is 2.06 bits per heavy atom. The van der Waals surface area contributed by atoms with Gasteiger partial charge >= 0.3 is 0 Å². The van der Waals surface area contributed by atoms with Crippen LogP contribution in [0.5, 0.6) is 0 Å². The summed E-state index contributed by atoms with van der Waals surface area (Å²) in [5, 5.41) is 10.6. The Hall–Kier alpha value is -0.890. The molecule has 2 rings (SSSR count). The van der Waals surface area contributed by atoms with Crippen molar-refractivity contribution < 1.29 is 9.50 Å². The van der Waals surface area contributed by atoms with Crippen molar-refractivity contribution in [1.29, 1.82) is 0 Å². The van der Waals surface area contributed by atoms with Gasteiger partial charge in [-0.2, -0.15) is 0 Å². The van der Waals surface area contributed by atoms with E-state index in [1.54, 1.807) is 12.1 Å². The Morgan fingerprint density at radius 1 is 1.35 bits per heavy atom. The van der Waals surface area contributed by atoms with Gasteiger partial charge in [0, 0.05) is 6.42 Å². The first-order valence-electron chi connectivity index (χ1n) is 6.58. The minimum Gasteiger partial charge on any atom is -0.390 e. The molecule has 0 heterocycles. The van der Waals surface area contributed by atoms with Gasteiger partial charge in [0.1, 0.15) is 5.82 Å². The van der Waals surface area contributed by atoms with Crippen LogP contribution in [0.15, 0.2) is 24.3 Å². The molecular formula is C15H21FO. The van der Waals surface area contributed by atoms with E-state index in [2.05, 4.69) is 6.92 Å². The molecule has 2 unspecified atom stereocenters. The summed E-state index contributed by atoms with van der Waals surface area (Å²) in [7, 11) is 0. The highest BCUT2D eigenvalue weighted by molar-refractivity contribution is 5.18. The molecule has 0 saturated heterocycles. The zero-order valence-electron chi connectivity index (χ0n) is 10.5. The summed E-state index contributed by atoms with van der Waals surface area (Å²) < 4.78 is 12.8. The lowest BCUT2D eigenvalue weighted by Gasteiger charge is -2.36. The molecule has 1 aliphatic rings. The highest BCUT2D eigenvalue weighted by atomic mass is 19.1. The van der Waals surface area contributed by atoms with E-state index in [1.807, 2.05) is 0 Å². The number of hydrogen-bond donors (Lipinski definition) is 1. The molecule has 1 aromatic rings. The minimum absolute atomic E-state index is 0.212. The molecule has 0 radical (unpaired) electrons. The second-order valence-electron chi connectivity index (χ2n) is 5.40. The van der Waals surface area contributed by atoms with Gasteiger partial charge in [-0.3, -0.25) is 0 Å². The third kappa shape index (κ3) is 3.29. The molecule has 1 saturated carbocycles. The van der Waals surface area contributed by atoms with Gasteiger partial charge in [0.15, 0.2) is 0 Å². The fourth-order valence-corrected chi connectivity index (χ4v) is 2.95. The first kappa shape index (κ1) is 12.6. The lowest BCUT2D eigenvalue weighted by Crippen LogP contribution is -2.37. The standard InChI is InChI=1S/C15H21FO/c1-2-12-4-3-9-15(17,10-12)11-13-5-7-14(16)8-6-13/h5-8,12,17H,2-4,9-11H2,1H3. The van der Waals surface area contributed by atoms with Crippen LogP contribution in [0.4, 0.5) is 4.39 Å². The average Bonchev–Trinajstić information content (AvgIpc) is 2.32. The zero-order valence-corrected chi connectivity index (χ0v) is 10.5. The molecule has 0 spiro atoms. The first-order chi connectivity index (χ1) is 8.11. The lowest BCUT2D eigenvalue weighted by atomic mass is 9.74. The van der Waals surface area contributed by atoms with Crippen LogP contribution < -0.4 is 0 Å². The van der Waals surface area contributed by atoms with Gasteiger partial charge in [0.05, 0.1) is 5.60 Å². The Labute approximate surface area is 103 Å². The summed E-state index contributed by atoms with van der Waals surface area (Å²) in [6.07, 6.45) is 5.91. The molecule has 1 nitrogen and oxygen atoms in total. The molecule has 0 aromatic heterocycles. The number of hydrogen-bond acceptors (Lipinski definition) is 1. The first-order valence-corrected chi connectivity index (χ1v) is 6.58. The number of aliphatic hydroxyl groups is 1. The van der Waals surface area contributed by atoms with E-state index in [4.69, 9.17) is 0 Å². The Morgan fingerprint density at radius 3 is 2.71 bits per heavy atom. The highest BCUT2D eigenvalue weighted by Gasteiger charge is 2.33. The van der Waals surface area contributed by atoms with Crippen molar-refractivity contribution in [2.75, 3.05) is 0 Å². The van der Waals surface area contributed by atoms with Crippen LogP contribution >= 0.6 is 0 Å². The molecule has 1 aromatic carbocycles. The normalized spacial score (nSPS) is 29.2. The Balaban J connectivity index is 2.03. The van der Waals surface area contributed by atoms with Crippen molar-refractivity contribution in [2.24, 2.45) is 5.92 Å². The van der Waals surface area contributed by atoms with E-state index in [9.17, 15) is 9.50 Å². The van der Waals surface area contributed by atoms with Crippen LogP contribution in [0, 0.1) is 11.7 Å². The predicted molar refractivity (Wildman–Crippen MR) is 67.3 cm³/mol. The maximum absolute atomic E-state index is 12.8. The highest BCUT2D eigenvalue weighted by Crippen LogP contribution is 2.36. The third-order valence-corrected chi connectivity index (χ3v) is 3.95. The zero-order chi connectivity index (χ0) is 12.3. The fourth-order valence-electron chi connectivity index (χ4n) is 2.95. The van der Waals surface area contributed by atoms with Crippen molar-refractivity contribution in [3.8, 4) is 0 Å². The smallest absolute Gasteiger partial charge is 0.123 e. The molecule has 1 fully saturated rings. The Bertz CT molecular complexity index is 360. The average molecular weight is 236 g/mol. The van der Waals surface area contributed by atoms with Gasteiger partial charge in [-0.1, -0.05) is 38.3 Å². The van der Waals surface area contributed by atoms with Gasteiger partial charge in [0.2, 0.25) is 0 Å². The summed E-state index contributed by atoms with van der Waals surface area (Å²) in [4.78, 5) is 0. The topological polar surface area (TPSA) is 20.2 Å². The molecule has 17 heavy (non-hydrogen) atoms. The quantitative estimate of drug-likeness (QED) is 0.848. The van der Waals surface area contributed by atoms with Crippen molar-refractivity contribution in [3.05, 3.63) is 35.6 Å². The monoisotopic (exact) mass is 236 g/mol. The summed E-state index contributed by atoms with van der Waals surface area (Å²) >= 11 is 0. The fraction of sp³-hybridized carbons (Fsp3) is 0.600. The summed E-state index contributed by atoms with van der Waals surface area (Å²) in [5.74, 6) is 0.435. The van der Waals surface area contributed by atoms with Crippen LogP contribution in [0.3, 0.4) is 0 Å². The number of benzene rings is 1. The van der Waals surface area contributed by atoms with Crippen LogP contribution in [0.25, 0.3) is 0 Å². The molecule has 1 N–H and O–H groups in total. The van der Waals surface area contributed by atoms with Crippen LogP contribution in [0.2, 0.25) is 0 Å². The van der Waals surface area contributed by atoms with E-state index >= 15 is 0 Å². The molecule has 1 aliphatic carbocycles. The van der Waals surface area contributed by atoms with Gasteiger partial charge in [0.25, 0.3) is 0 Å². The second kappa shape index (κ2) is 5.18. The van der Waals surface area contributed by atoms with Crippen LogP contribution in [-0.4, -0.2) is 10.7 Å². The van der Waals surface area contributed by atoms with Gasteiger partial charge in [-0.05, 0) is 36.5 Å². The molecule has 0 aliphatic heterocycles. The molecule has 2 heteroatoms. The Kier molecular flexibility index (Phi) is 3.82. The van der Waals surface area contributed by atoms with Crippen LogP contribution in [-0.2, 0) is 6.42 Å². The van der Waals surface area contributed by atoms with Crippen molar-refractivity contribution in [3.63, 3.8) is 0 Å².